The van der Waals surface area contributed by atoms with Gasteiger partial charge in [0.2, 0.25) is 10.0 Å². The van der Waals surface area contributed by atoms with Crippen LogP contribution in [0, 0.1) is 0 Å². The van der Waals surface area contributed by atoms with Crippen LogP contribution >= 0.6 is 15.9 Å². The van der Waals surface area contributed by atoms with Gasteiger partial charge in [-0.2, -0.15) is 17.5 Å². The summed E-state index contributed by atoms with van der Waals surface area (Å²) in [5.74, 6) is 0. The normalized spacial score (nSPS) is 14.7. The second kappa shape index (κ2) is 5.80. The minimum atomic E-state index is -4.71. The van der Waals surface area contributed by atoms with E-state index in [1.807, 2.05) is 0 Å². The molecule has 0 aliphatic carbocycles. The van der Waals surface area contributed by atoms with Crippen molar-refractivity contribution in [2.24, 2.45) is 0 Å². The van der Waals surface area contributed by atoms with Crippen LogP contribution in [0.4, 0.5) is 13.2 Å². The molecule has 0 fully saturated rings. The van der Waals surface area contributed by atoms with E-state index in [4.69, 9.17) is 0 Å². The molecule has 0 aliphatic heterocycles. The van der Waals surface area contributed by atoms with Crippen molar-refractivity contribution >= 4 is 26.0 Å². The Morgan fingerprint density at radius 1 is 1.32 bits per heavy atom. The van der Waals surface area contributed by atoms with E-state index in [1.165, 1.54) is 13.1 Å². The molecule has 1 rings (SSSR count). The van der Waals surface area contributed by atoms with E-state index in [2.05, 4.69) is 15.9 Å². The molecule has 0 aliphatic rings. The number of halogens is 4. The molecule has 1 aromatic carbocycles. The highest BCUT2D eigenvalue weighted by Crippen LogP contribution is 2.35. The summed E-state index contributed by atoms with van der Waals surface area (Å²) in [6, 6.07) is 3.71. The Morgan fingerprint density at radius 3 is 2.32 bits per heavy atom. The van der Waals surface area contributed by atoms with Crippen LogP contribution in [0.3, 0.4) is 0 Å². The average molecular weight is 360 g/mol. The number of rotatable bonds is 4. The second-order valence-electron chi connectivity index (χ2n) is 4.02. The van der Waals surface area contributed by atoms with Crippen molar-refractivity contribution in [1.29, 1.82) is 0 Å². The third-order valence-electron chi connectivity index (χ3n) is 2.69. The molecule has 0 saturated heterocycles. The zero-order valence-electron chi connectivity index (χ0n) is 10.3. The van der Waals surface area contributed by atoms with Gasteiger partial charge in [0.25, 0.3) is 0 Å². The van der Waals surface area contributed by atoms with Crippen molar-refractivity contribution in [2.45, 2.75) is 24.0 Å². The molecule has 19 heavy (non-hydrogen) atoms. The molecule has 108 valence electrons. The molecule has 0 aromatic heterocycles. The van der Waals surface area contributed by atoms with E-state index in [9.17, 15) is 21.6 Å². The van der Waals surface area contributed by atoms with Crippen molar-refractivity contribution in [3.63, 3.8) is 0 Å². The van der Waals surface area contributed by atoms with Crippen LogP contribution in [-0.2, 0) is 16.2 Å². The molecule has 0 bridgehead atoms. The van der Waals surface area contributed by atoms with Gasteiger partial charge in [0.15, 0.2) is 0 Å². The van der Waals surface area contributed by atoms with Crippen LogP contribution < -0.4 is 0 Å². The summed E-state index contributed by atoms with van der Waals surface area (Å²) in [5, 5.41) is 0.330. The molecular formula is C11H13BrF3NO2S. The summed E-state index contributed by atoms with van der Waals surface area (Å²) in [6.45, 7) is 1.60. The highest BCUT2D eigenvalue weighted by atomic mass is 79.9. The Hall–Kier alpha value is -0.600. The quantitative estimate of drug-likeness (QED) is 0.774. The Bertz CT molecular complexity index is 545. The summed E-state index contributed by atoms with van der Waals surface area (Å²) in [5.41, 5.74) is -1.15. The van der Waals surface area contributed by atoms with Gasteiger partial charge in [-0.3, -0.25) is 0 Å². The molecular weight excluding hydrogens is 347 g/mol. The number of hydrogen-bond acceptors (Lipinski definition) is 2. The monoisotopic (exact) mass is 359 g/mol. The van der Waals surface area contributed by atoms with Crippen LogP contribution in [0.5, 0.6) is 0 Å². The van der Waals surface area contributed by atoms with Crippen LogP contribution in [0.2, 0.25) is 0 Å². The van der Waals surface area contributed by atoms with Gasteiger partial charge in [-0.1, -0.05) is 28.1 Å². The van der Waals surface area contributed by atoms with Crippen molar-refractivity contribution in [3.05, 3.63) is 29.8 Å². The maximum absolute atomic E-state index is 12.8. The summed E-state index contributed by atoms with van der Waals surface area (Å²) >= 11 is 3.11. The van der Waals surface area contributed by atoms with E-state index in [0.717, 1.165) is 22.5 Å². The first-order chi connectivity index (χ1) is 8.62. The molecule has 1 unspecified atom stereocenters. The minimum absolute atomic E-state index is 0.330. The SMILES string of the molecule is CC(CBr)N(C)S(=O)(=O)c1ccccc1C(F)(F)F. The van der Waals surface area contributed by atoms with E-state index in [0.29, 0.717) is 5.33 Å². The lowest BCUT2D eigenvalue weighted by atomic mass is 10.2. The summed E-state index contributed by atoms with van der Waals surface area (Å²) < 4.78 is 63.8. The van der Waals surface area contributed by atoms with Gasteiger partial charge >= 0.3 is 6.18 Å². The first-order valence-corrected chi connectivity index (χ1v) is 7.88. The molecule has 3 nitrogen and oxygen atoms in total. The summed E-state index contributed by atoms with van der Waals surface area (Å²) in [6.07, 6.45) is -4.71. The fourth-order valence-corrected chi connectivity index (χ4v) is 3.61. The lowest BCUT2D eigenvalue weighted by Gasteiger charge is -2.24. The van der Waals surface area contributed by atoms with Gasteiger partial charge in [0.1, 0.15) is 0 Å². The minimum Gasteiger partial charge on any atom is -0.207 e. The highest BCUT2D eigenvalue weighted by Gasteiger charge is 2.38. The zero-order valence-corrected chi connectivity index (χ0v) is 12.7. The highest BCUT2D eigenvalue weighted by molar-refractivity contribution is 9.09. The molecule has 0 amide bonds. The Kier molecular flexibility index (Phi) is 5.02. The number of hydrogen-bond donors (Lipinski definition) is 0. The van der Waals surface area contributed by atoms with Crippen LogP contribution in [-0.4, -0.2) is 31.1 Å². The van der Waals surface area contributed by atoms with Crippen molar-refractivity contribution in [3.8, 4) is 0 Å². The van der Waals surface area contributed by atoms with Crippen LogP contribution in [0.15, 0.2) is 29.2 Å². The Morgan fingerprint density at radius 2 is 1.84 bits per heavy atom. The van der Waals surface area contributed by atoms with Crippen molar-refractivity contribution in [1.82, 2.24) is 4.31 Å². The van der Waals surface area contributed by atoms with Gasteiger partial charge < -0.3 is 0 Å². The number of alkyl halides is 4. The molecule has 1 aromatic rings. The maximum Gasteiger partial charge on any atom is 0.417 e. The third-order valence-corrected chi connectivity index (χ3v) is 5.66. The van der Waals surface area contributed by atoms with Crippen LogP contribution in [0.1, 0.15) is 12.5 Å². The van der Waals surface area contributed by atoms with Gasteiger partial charge in [-0.15, -0.1) is 0 Å². The van der Waals surface area contributed by atoms with E-state index < -0.39 is 32.7 Å². The van der Waals surface area contributed by atoms with E-state index >= 15 is 0 Å². The molecule has 0 radical (unpaired) electrons. The maximum atomic E-state index is 12.8. The van der Waals surface area contributed by atoms with Gasteiger partial charge in [0.05, 0.1) is 10.5 Å². The Labute approximate surface area is 118 Å². The second-order valence-corrected chi connectivity index (χ2v) is 6.63. The fourth-order valence-electron chi connectivity index (χ4n) is 1.41. The van der Waals surface area contributed by atoms with Crippen molar-refractivity contribution < 1.29 is 21.6 Å². The van der Waals surface area contributed by atoms with Crippen molar-refractivity contribution in [2.75, 3.05) is 12.4 Å². The molecule has 8 heteroatoms. The fraction of sp³-hybridized carbons (Fsp3) is 0.455. The average Bonchev–Trinajstić information content (AvgIpc) is 2.35. The topological polar surface area (TPSA) is 37.4 Å². The lowest BCUT2D eigenvalue weighted by molar-refractivity contribution is -0.139. The standard InChI is InChI=1S/C11H13BrF3NO2S/c1-8(7-12)16(2)19(17,18)10-6-4-3-5-9(10)11(13,14)15/h3-6,8H,7H2,1-2H3. The predicted molar refractivity (Wildman–Crippen MR) is 69.6 cm³/mol. The molecule has 0 spiro atoms. The first-order valence-electron chi connectivity index (χ1n) is 5.32. The summed E-state index contributed by atoms with van der Waals surface area (Å²) in [7, 11) is -2.92. The first kappa shape index (κ1) is 16.5. The molecule has 0 saturated carbocycles. The Balaban J connectivity index is 3.38. The van der Waals surface area contributed by atoms with Crippen LogP contribution in [0.25, 0.3) is 0 Å². The largest absolute Gasteiger partial charge is 0.417 e. The number of sulfonamides is 1. The van der Waals surface area contributed by atoms with Gasteiger partial charge in [-0.05, 0) is 19.1 Å². The van der Waals surface area contributed by atoms with Gasteiger partial charge in [0, 0.05) is 18.4 Å². The molecule has 0 N–H and O–H groups in total. The van der Waals surface area contributed by atoms with Gasteiger partial charge in [-0.25, -0.2) is 8.42 Å². The van der Waals surface area contributed by atoms with E-state index in [-0.39, 0.29) is 0 Å². The van der Waals surface area contributed by atoms with E-state index in [1.54, 1.807) is 6.92 Å². The summed E-state index contributed by atoms with van der Waals surface area (Å²) in [4.78, 5) is -0.724. The lowest BCUT2D eigenvalue weighted by Crippen LogP contribution is -2.37. The smallest absolute Gasteiger partial charge is 0.207 e. The third kappa shape index (κ3) is 3.49. The zero-order chi connectivity index (χ0) is 14.8. The predicted octanol–water partition coefficient (Wildman–Crippen LogP) is 3.11. The number of nitrogens with zero attached hydrogens (tertiary/aromatic N) is 1. The number of benzene rings is 1. The molecule has 0 heterocycles. The molecule has 1 atom stereocenters.